The number of ether oxygens (including phenoxy) is 2. The molecule has 1 aromatic carbocycles. The minimum atomic E-state index is -1.41. The monoisotopic (exact) mass is 270 g/mol. The second kappa shape index (κ2) is 6.42. The lowest BCUT2D eigenvalue weighted by atomic mass is 9.99. The fourth-order valence-electron chi connectivity index (χ4n) is 1.96. The highest BCUT2D eigenvalue weighted by atomic mass is 16.7. The van der Waals surface area contributed by atoms with E-state index >= 15 is 0 Å². The molecule has 1 saturated heterocycles. The van der Waals surface area contributed by atoms with Crippen LogP contribution in [0.3, 0.4) is 0 Å². The fraction of sp³-hybridized carbons (Fsp3) is 0.538. The third-order valence-electron chi connectivity index (χ3n) is 3.11. The Morgan fingerprint density at radius 2 is 1.68 bits per heavy atom. The number of hydrogen-bond acceptors (Lipinski definition) is 6. The summed E-state index contributed by atoms with van der Waals surface area (Å²) in [5, 5.41) is 38.0. The maximum absolute atomic E-state index is 9.76. The third kappa shape index (κ3) is 3.30. The molecule has 1 aromatic rings. The molecule has 1 fully saturated rings. The van der Waals surface area contributed by atoms with Gasteiger partial charge in [0.15, 0.2) is 6.29 Å². The Kier molecular flexibility index (Phi) is 4.87. The van der Waals surface area contributed by atoms with E-state index in [-0.39, 0.29) is 6.61 Å². The van der Waals surface area contributed by atoms with Crippen molar-refractivity contribution in [2.45, 2.75) is 37.3 Å². The summed E-state index contributed by atoms with van der Waals surface area (Å²) >= 11 is 0. The molecule has 5 atom stereocenters. The predicted molar refractivity (Wildman–Crippen MR) is 65.0 cm³/mol. The van der Waals surface area contributed by atoms with Crippen molar-refractivity contribution in [3.05, 3.63) is 35.9 Å². The van der Waals surface area contributed by atoms with Crippen LogP contribution in [0.1, 0.15) is 5.56 Å². The largest absolute Gasteiger partial charge is 0.394 e. The van der Waals surface area contributed by atoms with Gasteiger partial charge in [0, 0.05) is 0 Å². The molecule has 19 heavy (non-hydrogen) atoms. The zero-order chi connectivity index (χ0) is 13.8. The summed E-state index contributed by atoms with van der Waals surface area (Å²) in [5.74, 6) is 0. The third-order valence-corrected chi connectivity index (χ3v) is 3.11. The van der Waals surface area contributed by atoms with E-state index in [1.165, 1.54) is 0 Å². The molecule has 1 heterocycles. The maximum Gasteiger partial charge on any atom is 0.187 e. The Labute approximate surface area is 110 Å². The first-order chi connectivity index (χ1) is 9.13. The average molecular weight is 270 g/mol. The van der Waals surface area contributed by atoms with Crippen molar-refractivity contribution in [1.82, 2.24) is 0 Å². The fourth-order valence-corrected chi connectivity index (χ4v) is 1.96. The summed E-state index contributed by atoms with van der Waals surface area (Å²) in [6.07, 6.45) is -6.17. The highest BCUT2D eigenvalue weighted by Crippen LogP contribution is 2.22. The predicted octanol–water partition coefficient (Wildman–Crippen LogP) is -0.997. The summed E-state index contributed by atoms with van der Waals surface area (Å²) < 4.78 is 10.6. The number of aliphatic hydroxyl groups is 4. The summed E-state index contributed by atoms with van der Waals surface area (Å²) in [7, 11) is 0. The van der Waals surface area contributed by atoms with Crippen LogP contribution in [0.4, 0.5) is 0 Å². The van der Waals surface area contributed by atoms with Crippen molar-refractivity contribution in [2.24, 2.45) is 0 Å². The summed E-state index contributed by atoms with van der Waals surface area (Å²) in [6.45, 7) is -0.264. The van der Waals surface area contributed by atoms with E-state index in [1.807, 2.05) is 30.3 Å². The summed E-state index contributed by atoms with van der Waals surface area (Å²) in [5.41, 5.74) is 0.888. The van der Waals surface area contributed by atoms with Gasteiger partial charge in [-0.25, -0.2) is 0 Å². The maximum atomic E-state index is 9.76. The standard InChI is InChI=1S/C13H18O6/c14-6-9-10(15)11(16)12(17)13(19-9)18-7-8-4-2-1-3-5-8/h1-5,9-17H,6-7H2/t9?,10-,11?,12?,13?/m1/s1. The minimum absolute atomic E-state index is 0.198. The van der Waals surface area contributed by atoms with Gasteiger partial charge in [-0.2, -0.15) is 0 Å². The molecule has 2 rings (SSSR count). The number of hydrogen-bond donors (Lipinski definition) is 4. The lowest BCUT2D eigenvalue weighted by Crippen LogP contribution is -2.59. The Morgan fingerprint density at radius 3 is 2.32 bits per heavy atom. The van der Waals surface area contributed by atoms with Crippen LogP contribution >= 0.6 is 0 Å². The van der Waals surface area contributed by atoms with Crippen molar-refractivity contribution in [3.63, 3.8) is 0 Å². The van der Waals surface area contributed by atoms with Gasteiger partial charge in [0.1, 0.15) is 24.4 Å². The molecule has 4 N–H and O–H groups in total. The normalized spacial score (nSPS) is 35.3. The molecule has 6 heteroatoms. The van der Waals surface area contributed by atoms with E-state index < -0.39 is 37.3 Å². The first-order valence-electron chi connectivity index (χ1n) is 6.09. The lowest BCUT2D eigenvalue weighted by molar-refractivity contribution is -0.304. The molecule has 4 unspecified atom stereocenters. The van der Waals surface area contributed by atoms with Crippen molar-refractivity contribution in [2.75, 3.05) is 6.61 Å². The van der Waals surface area contributed by atoms with Gasteiger partial charge in [-0.1, -0.05) is 30.3 Å². The zero-order valence-electron chi connectivity index (χ0n) is 10.3. The van der Waals surface area contributed by atoms with Crippen LogP contribution in [0.25, 0.3) is 0 Å². The highest BCUT2D eigenvalue weighted by Gasteiger charge is 2.43. The zero-order valence-corrected chi connectivity index (χ0v) is 10.3. The summed E-state index contributed by atoms with van der Waals surface area (Å²) in [4.78, 5) is 0. The molecule has 106 valence electrons. The van der Waals surface area contributed by atoms with Gasteiger partial charge in [0.25, 0.3) is 0 Å². The average Bonchev–Trinajstić information content (AvgIpc) is 2.45. The van der Waals surface area contributed by atoms with Gasteiger partial charge >= 0.3 is 0 Å². The molecule has 0 aromatic heterocycles. The molecule has 0 amide bonds. The molecule has 0 aliphatic carbocycles. The number of benzene rings is 1. The van der Waals surface area contributed by atoms with Crippen LogP contribution in [-0.2, 0) is 16.1 Å². The second-order valence-corrected chi connectivity index (χ2v) is 4.49. The molecule has 0 saturated carbocycles. The molecule has 0 bridgehead atoms. The van der Waals surface area contributed by atoms with E-state index in [1.54, 1.807) is 0 Å². The van der Waals surface area contributed by atoms with E-state index in [0.717, 1.165) is 5.56 Å². The van der Waals surface area contributed by atoms with Crippen molar-refractivity contribution < 1.29 is 29.9 Å². The Balaban J connectivity index is 1.95. The number of aliphatic hydroxyl groups excluding tert-OH is 4. The molecule has 0 spiro atoms. The molecule has 0 radical (unpaired) electrons. The quantitative estimate of drug-likeness (QED) is 0.560. The van der Waals surface area contributed by atoms with E-state index in [9.17, 15) is 15.3 Å². The molecule has 1 aliphatic rings. The van der Waals surface area contributed by atoms with Crippen molar-refractivity contribution in [1.29, 1.82) is 0 Å². The molecular formula is C13H18O6. The van der Waals surface area contributed by atoms with Crippen molar-refractivity contribution >= 4 is 0 Å². The molecular weight excluding hydrogens is 252 g/mol. The molecule has 6 nitrogen and oxygen atoms in total. The van der Waals surface area contributed by atoms with Crippen LogP contribution in [0.15, 0.2) is 30.3 Å². The van der Waals surface area contributed by atoms with Gasteiger partial charge in [-0.05, 0) is 5.56 Å². The van der Waals surface area contributed by atoms with Crippen LogP contribution in [0.2, 0.25) is 0 Å². The van der Waals surface area contributed by atoms with Crippen LogP contribution in [0.5, 0.6) is 0 Å². The Hall–Kier alpha value is -1.02. The van der Waals surface area contributed by atoms with Gasteiger partial charge in [0.05, 0.1) is 13.2 Å². The van der Waals surface area contributed by atoms with Gasteiger partial charge in [-0.15, -0.1) is 0 Å². The van der Waals surface area contributed by atoms with E-state index in [4.69, 9.17) is 14.6 Å². The summed E-state index contributed by atoms with van der Waals surface area (Å²) in [6, 6.07) is 9.28. The first-order valence-corrected chi connectivity index (χ1v) is 6.09. The van der Waals surface area contributed by atoms with Crippen LogP contribution in [-0.4, -0.2) is 57.7 Å². The minimum Gasteiger partial charge on any atom is -0.394 e. The number of rotatable bonds is 4. The highest BCUT2D eigenvalue weighted by molar-refractivity contribution is 5.13. The van der Waals surface area contributed by atoms with Gasteiger partial charge in [0.2, 0.25) is 0 Å². The lowest BCUT2D eigenvalue weighted by Gasteiger charge is -2.39. The SMILES string of the molecule is OCC1OC(OCc2ccccc2)C(O)C(O)[C@@H]1O. The second-order valence-electron chi connectivity index (χ2n) is 4.49. The van der Waals surface area contributed by atoms with Gasteiger partial charge in [-0.3, -0.25) is 0 Å². The van der Waals surface area contributed by atoms with E-state index in [0.29, 0.717) is 0 Å². The van der Waals surface area contributed by atoms with Crippen LogP contribution < -0.4 is 0 Å². The van der Waals surface area contributed by atoms with Gasteiger partial charge < -0.3 is 29.9 Å². The van der Waals surface area contributed by atoms with Crippen LogP contribution in [0, 0.1) is 0 Å². The Bertz CT molecular complexity index is 382. The topological polar surface area (TPSA) is 99.4 Å². The van der Waals surface area contributed by atoms with E-state index in [2.05, 4.69) is 0 Å². The smallest absolute Gasteiger partial charge is 0.187 e. The van der Waals surface area contributed by atoms with Crippen molar-refractivity contribution in [3.8, 4) is 0 Å². The first kappa shape index (κ1) is 14.4. The Morgan fingerprint density at radius 1 is 1.00 bits per heavy atom. The molecule has 1 aliphatic heterocycles.